The number of ketones is 1. The van der Waals surface area contributed by atoms with E-state index in [1.54, 1.807) is 50.1 Å². The molecule has 0 aliphatic heterocycles. The highest BCUT2D eigenvalue weighted by atomic mass is 19.2. The molecule has 0 aliphatic rings. The van der Waals surface area contributed by atoms with Gasteiger partial charge in [-0.2, -0.15) is 51.0 Å². The van der Waals surface area contributed by atoms with Gasteiger partial charge in [0, 0.05) is 40.5 Å². The Hall–Kier alpha value is -14.4. The average molecular weight is 1540 g/mol. The number of nitrogens with zero attached hydrogens (tertiary/aromatic N) is 33. The largest absolute Gasteiger partial charge is 0.393 e. The molecule has 0 fully saturated rings. The molecule has 0 amide bonds. The maximum Gasteiger partial charge on any atom is 0.187 e. The minimum Gasteiger partial charge on any atom is -0.393 e. The molecular formula is C66H60F7N33O6. The van der Waals surface area contributed by atoms with Crippen LogP contribution < -0.4 is 0 Å². The van der Waals surface area contributed by atoms with Gasteiger partial charge in [0.1, 0.15) is 209 Å². The molecule has 2 atom stereocenters. The number of carbonyl (C=O) groups is 1. The van der Waals surface area contributed by atoms with E-state index < -0.39 is 75.5 Å². The molecule has 5 N–H and O–H groups in total. The predicted octanol–water partition coefficient (Wildman–Crippen LogP) is 2.41. The Kier molecular flexibility index (Phi) is 24.2. The first-order valence-corrected chi connectivity index (χ1v) is 32.6. The number of Topliss-reactive ketones (excluding diaryl/α,β-unsaturated/α-hetero) is 1. The predicted molar refractivity (Wildman–Crippen MR) is 364 cm³/mol. The molecule has 0 bridgehead atoms. The van der Waals surface area contributed by atoms with Crippen molar-refractivity contribution in [3.63, 3.8) is 0 Å². The Morgan fingerprint density at radius 3 is 0.991 bits per heavy atom. The SMILES string of the molecule is O=C(Cn1cncn1)c1ccc(F)cc1F.OC(Cn1cncn1)(Cn1cncn1)c1ccc(-n2cncn2)cc1-n1cncn1.OC(Cn1cncn1)(Cn1cncn1)c1ccc(-n2cncn2)cc1F.OC(Cn1cnnc1)(Cn1cncn1)c1ccc(F)cc1F.OCC(O)(Cn1cncn1)c1ccc(F)cc1F. The van der Waals surface area contributed by atoms with E-state index >= 15 is 0 Å². The maximum atomic E-state index is 14.9. The summed E-state index contributed by atoms with van der Waals surface area (Å²) in [6.07, 6.45) is 31.1. The third kappa shape index (κ3) is 19.5. The smallest absolute Gasteiger partial charge is 0.187 e. The molecule has 16 rings (SSSR count). The molecule has 0 saturated heterocycles. The highest BCUT2D eigenvalue weighted by molar-refractivity contribution is 5.96. The van der Waals surface area contributed by atoms with Crippen LogP contribution in [0.1, 0.15) is 32.6 Å². The third-order valence-electron chi connectivity index (χ3n) is 16.4. The molecule has 0 saturated carbocycles. The van der Waals surface area contributed by atoms with E-state index in [9.17, 15) is 61.1 Å². The van der Waals surface area contributed by atoms with E-state index in [2.05, 4.69) is 111 Å². The Bertz CT molecular complexity index is 5390. The van der Waals surface area contributed by atoms with Gasteiger partial charge in [-0.25, -0.2) is 127 Å². The first-order valence-electron chi connectivity index (χ1n) is 32.6. The molecule has 5 aromatic carbocycles. The highest BCUT2D eigenvalue weighted by Gasteiger charge is 2.38. The van der Waals surface area contributed by atoms with E-state index in [-0.39, 0.29) is 74.6 Å². The maximum absolute atomic E-state index is 14.9. The summed E-state index contributed by atoms with van der Waals surface area (Å²) in [6.45, 7) is -0.868. The molecule has 16 aromatic rings. The molecule has 2 unspecified atom stereocenters. The summed E-state index contributed by atoms with van der Waals surface area (Å²) in [5.74, 6) is -5.88. The Balaban J connectivity index is 0.000000132. The quantitative estimate of drug-likeness (QED) is 0.0405. The van der Waals surface area contributed by atoms with Crippen LogP contribution in [0.15, 0.2) is 230 Å². The Labute approximate surface area is 624 Å². The zero-order valence-electron chi connectivity index (χ0n) is 57.8. The van der Waals surface area contributed by atoms with Gasteiger partial charge < -0.3 is 30.1 Å². The summed E-state index contributed by atoms with van der Waals surface area (Å²) >= 11 is 0. The molecule has 11 aromatic heterocycles. The number of rotatable bonds is 25. The van der Waals surface area contributed by atoms with Crippen LogP contribution in [0.2, 0.25) is 0 Å². The fourth-order valence-corrected chi connectivity index (χ4v) is 11.3. The Morgan fingerprint density at radius 2 is 0.625 bits per heavy atom. The summed E-state index contributed by atoms with van der Waals surface area (Å²) in [5, 5.41) is 101. The molecule has 0 radical (unpaired) electrons. The summed E-state index contributed by atoms with van der Waals surface area (Å²) in [7, 11) is 0. The van der Waals surface area contributed by atoms with Gasteiger partial charge in [0.25, 0.3) is 0 Å². The number of hydrogen-bond donors (Lipinski definition) is 5. The number of halogens is 7. The lowest BCUT2D eigenvalue weighted by Crippen LogP contribution is -2.38. The zero-order valence-corrected chi connectivity index (χ0v) is 57.8. The standard InChI is InChI=1S/C17H16N12O.C15H14FN9O.C13H12F2N6O.C11H11F2N3O2.C10H7F2N3O/c30-17(4-26-10-18-6-22-26,5-27-11-19-7-23-27)15-2-1-14(28-12-20-8-24-28)3-16(15)29-13-21-9-25-29;16-14-3-12(25-11-19-8-22-25)1-2-13(14)15(26,4-23-9-17-6-20-23)5-24-10-18-7-21-24;14-10-1-2-11(12(15)3-10)13(22,4-20-8-17-18-9-20)5-21-7-16-6-19-21;12-8-1-2-9(10(13)3-8)11(18,5-17)4-16-7-14-6-15-16;11-7-1-2-8(9(12)3-7)10(16)4-15-6-13-5-14-15/h1-3,6-13,30H,4-5H2;1-3,6-11,26H,4-5H2;1-3,6-9,22H,4-5H2;1-3,6-7,17-18H,4-5H2;1-3,5-6H,4H2. The van der Waals surface area contributed by atoms with Gasteiger partial charge in [0.15, 0.2) is 5.78 Å². The Morgan fingerprint density at radius 1 is 0.312 bits per heavy atom. The number of carbonyl (C=O) groups excluding carboxylic acids is 1. The molecule has 112 heavy (non-hydrogen) atoms. The van der Waals surface area contributed by atoms with Gasteiger partial charge in [-0.3, -0.25) is 4.79 Å². The van der Waals surface area contributed by atoms with Gasteiger partial charge in [-0.15, -0.1) is 10.2 Å². The highest BCUT2D eigenvalue weighted by Crippen LogP contribution is 2.34. The first kappa shape index (κ1) is 77.2. The van der Waals surface area contributed by atoms with Gasteiger partial charge in [0.2, 0.25) is 0 Å². The van der Waals surface area contributed by atoms with Crippen molar-refractivity contribution in [3.05, 3.63) is 299 Å². The van der Waals surface area contributed by atoms with Gasteiger partial charge in [-0.1, -0.05) is 24.3 Å². The topological polar surface area (TPSA) is 456 Å². The number of hydrogen-bond acceptors (Lipinski definition) is 28. The van der Waals surface area contributed by atoms with E-state index in [1.807, 2.05) is 18.2 Å². The molecule has 0 spiro atoms. The normalized spacial score (nSPS) is 12.4. The number of aliphatic hydroxyl groups excluding tert-OH is 1. The van der Waals surface area contributed by atoms with Crippen molar-refractivity contribution in [1.82, 2.24) is 162 Å². The lowest BCUT2D eigenvalue weighted by molar-refractivity contribution is -0.0383. The van der Waals surface area contributed by atoms with Crippen LogP contribution in [0.3, 0.4) is 0 Å². The number of aromatic nitrogens is 33. The van der Waals surface area contributed by atoms with Gasteiger partial charge in [-0.05, 0) is 48.5 Å². The second-order valence-corrected chi connectivity index (χ2v) is 24.3. The van der Waals surface area contributed by atoms with E-state index in [0.29, 0.717) is 29.1 Å². The van der Waals surface area contributed by atoms with Crippen molar-refractivity contribution in [2.24, 2.45) is 0 Å². The second-order valence-electron chi connectivity index (χ2n) is 24.3. The zero-order chi connectivity index (χ0) is 78.7. The molecular weight excluding hydrogens is 1480 g/mol. The molecule has 39 nitrogen and oxygen atoms in total. The van der Waals surface area contributed by atoms with Crippen LogP contribution in [0.5, 0.6) is 0 Å². The average Bonchev–Trinajstić information content (AvgIpc) is 1.34. The van der Waals surface area contributed by atoms with Crippen molar-refractivity contribution in [3.8, 4) is 17.1 Å². The van der Waals surface area contributed by atoms with Crippen molar-refractivity contribution < 1.29 is 61.1 Å². The van der Waals surface area contributed by atoms with Crippen LogP contribution in [-0.2, 0) is 74.8 Å². The van der Waals surface area contributed by atoms with Crippen LogP contribution in [0, 0.1) is 40.7 Å². The summed E-state index contributed by atoms with van der Waals surface area (Å²) < 4.78 is 110. The first-order chi connectivity index (χ1) is 54.1. The number of aliphatic hydroxyl groups is 5. The monoisotopic (exact) mass is 1540 g/mol. The lowest BCUT2D eigenvalue weighted by Gasteiger charge is -2.30. The van der Waals surface area contributed by atoms with Gasteiger partial charge >= 0.3 is 0 Å². The van der Waals surface area contributed by atoms with Crippen LogP contribution in [0.25, 0.3) is 17.1 Å². The van der Waals surface area contributed by atoms with E-state index in [1.165, 1.54) is 165 Å². The number of benzene rings is 5. The van der Waals surface area contributed by atoms with Crippen molar-refractivity contribution in [2.45, 2.75) is 74.8 Å². The van der Waals surface area contributed by atoms with Crippen molar-refractivity contribution >= 4 is 5.78 Å². The van der Waals surface area contributed by atoms with Gasteiger partial charge in [0.05, 0.1) is 75.0 Å². The van der Waals surface area contributed by atoms with Crippen LogP contribution >= 0.6 is 0 Å². The van der Waals surface area contributed by atoms with E-state index in [0.717, 1.165) is 42.1 Å². The molecule has 0 aliphatic carbocycles. The minimum absolute atomic E-state index is 0.00749. The molecule has 46 heteroatoms. The second kappa shape index (κ2) is 35.1. The lowest BCUT2D eigenvalue weighted by atomic mass is 9.91. The van der Waals surface area contributed by atoms with Crippen LogP contribution in [0.4, 0.5) is 30.7 Å². The van der Waals surface area contributed by atoms with Crippen molar-refractivity contribution in [2.75, 3.05) is 6.61 Å². The fraction of sp³-hybridized carbons (Fsp3) is 0.197. The summed E-state index contributed by atoms with van der Waals surface area (Å²) in [6, 6.07) is 18.6. The minimum atomic E-state index is -1.88. The summed E-state index contributed by atoms with van der Waals surface area (Å²) in [4.78, 5) is 50.3. The molecule has 574 valence electrons. The summed E-state index contributed by atoms with van der Waals surface area (Å²) in [5.41, 5.74) is -4.40. The van der Waals surface area contributed by atoms with E-state index in [4.69, 9.17) is 0 Å². The van der Waals surface area contributed by atoms with Crippen molar-refractivity contribution in [1.29, 1.82) is 0 Å². The third-order valence-corrected chi connectivity index (χ3v) is 16.4. The van der Waals surface area contributed by atoms with Crippen LogP contribution in [-0.4, -0.2) is 200 Å². The fourth-order valence-electron chi connectivity index (χ4n) is 11.3. The molecule has 11 heterocycles.